The summed E-state index contributed by atoms with van der Waals surface area (Å²) >= 11 is 0. The molecule has 0 aliphatic heterocycles. The minimum atomic E-state index is 0.0960. The molecule has 2 heteroatoms. The van der Waals surface area contributed by atoms with Crippen LogP contribution >= 0.6 is 0 Å². The van der Waals surface area contributed by atoms with E-state index >= 15 is 0 Å². The molecule has 0 aromatic carbocycles. The lowest BCUT2D eigenvalue weighted by Crippen LogP contribution is -2.33. The maximum absolute atomic E-state index is 6.26. The molecule has 0 fully saturated rings. The zero-order chi connectivity index (χ0) is 10.3. The molecule has 0 saturated carbocycles. The molecule has 0 bridgehead atoms. The van der Waals surface area contributed by atoms with Crippen molar-refractivity contribution in [1.29, 1.82) is 0 Å². The third-order valence-corrected chi connectivity index (χ3v) is 3.82. The van der Waals surface area contributed by atoms with Gasteiger partial charge in [0.05, 0.1) is 11.7 Å². The Balaban J connectivity index is 2.43. The molecule has 0 spiro atoms. The molecule has 0 amide bonds. The normalized spacial score (nSPS) is 30.8. The van der Waals surface area contributed by atoms with Gasteiger partial charge in [-0.05, 0) is 29.4 Å². The molecule has 2 N–H and O–H groups in total. The smallest absolute Gasteiger partial charge is 0.0608 e. The van der Waals surface area contributed by atoms with Crippen LogP contribution in [0.25, 0.3) is 0 Å². The van der Waals surface area contributed by atoms with Gasteiger partial charge in [0.1, 0.15) is 0 Å². The Morgan fingerprint density at radius 3 is 2.86 bits per heavy atom. The number of aromatic nitrogens is 1. The van der Waals surface area contributed by atoms with Gasteiger partial charge >= 0.3 is 0 Å². The van der Waals surface area contributed by atoms with Gasteiger partial charge < -0.3 is 5.73 Å². The third kappa shape index (κ3) is 1.17. The maximum atomic E-state index is 6.26. The lowest BCUT2D eigenvalue weighted by Gasteiger charge is -2.33. The molecular weight excluding hydrogens is 172 g/mol. The first-order chi connectivity index (χ1) is 6.55. The standard InChI is InChI=1S/C12H18N2/c1-8(2)12(3)7-9-5-4-6-14-10(9)11(12)13/h4-6,8,11H,7,13H2,1-3H3/t11-,12?/m1/s1. The molecule has 1 unspecified atom stereocenters. The molecule has 0 radical (unpaired) electrons. The van der Waals surface area contributed by atoms with Crippen LogP contribution in [0.2, 0.25) is 0 Å². The monoisotopic (exact) mass is 190 g/mol. The van der Waals surface area contributed by atoms with E-state index in [1.807, 2.05) is 12.3 Å². The van der Waals surface area contributed by atoms with E-state index in [0.29, 0.717) is 5.92 Å². The first-order valence-electron chi connectivity index (χ1n) is 5.25. The van der Waals surface area contributed by atoms with Crippen molar-refractivity contribution < 1.29 is 0 Å². The van der Waals surface area contributed by atoms with E-state index in [-0.39, 0.29) is 11.5 Å². The number of rotatable bonds is 1. The van der Waals surface area contributed by atoms with Crippen molar-refractivity contribution in [3.63, 3.8) is 0 Å². The van der Waals surface area contributed by atoms with Crippen LogP contribution in [-0.2, 0) is 6.42 Å². The zero-order valence-electron chi connectivity index (χ0n) is 9.12. The van der Waals surface area contributed by atoms with Crippen LogP contribution in [0.4, 0.5) is 0 Å². The summed E-state index contributed by atoms with van der Waals surface area (Å²) in [6, 6.07) is 4.24. The maximum Gasteiger partial charge on any atom is 0.0608 e. The van der Waals surface area contributed by atoms with Gasteiger partial charge in [-0.2, -0.15) is 0 Å². The summed E-state index contributed by atoms with van der Waals surface area (Å²) < 4.78 is 0. The second kappa shape index (κ2) is 3.06. The van der Waals surface area contributed by atoms with Crippen molar-refractivity contribution in [2.75, 3.05) is 0 Å². The molecule has 14 heavy (non-hydrogen) atoms. The lowest BCUT2D eigenvalue weighted by atomic mass is 9.74. The minimum Gasteiger partial charge on any atom is -0.322 e. The highest BCUT2D eigenvalue weighted by Gasteiger charge is 2.43. The summed E-state index contributed by atoms with van der Waals surface area (Å²) in [6.07, 6.45) is 2.90. The Morgan fingerprint density at radius 1 is 1.57 bits per heavy atom. The Kier molecular flexibility index (Phi) is 2.11. The average molecular weight is 190 g/mol. The molecule has 2 rings (SSSR count). The van der Waals surface area contributed by atoms with Crippen LogP contribution in [0, 0.1) is 11.3 Å². The van der Waals surface area contributed by atoms with Crippen LogP contribution in [0.1, 0.15) is 38.1 Å². The fourth-order valence-electron chi connectivity index (χ4n) is 2.28. The van der Waals surface area contributed by atoms with Crippen molar-refractivity contribution in [1.82, 2.24) is 4.98 Å². The van der Waals surface area contributed by atoms with Crippen molar-refractivity contribution in [3.8, 4) is 0 Å². The van der Waals surface area contributed by atoms with Crippen molar-refractivity contribution in [2.45, 2.75) is 33.2 Å². The molecule has 1 aliphatic carbocycles. The van der Waals surface area contributed by atoms with Gasteiger partial charge in [0, 0.05) is 6.20 Å². The van der Waals surface area contributed by atoms with Gasteiger partial charge in [0.15, 0.2) is 0 Å². The van der Waals surface area contributed by atoms with E-state index < -0.39 is 0 Å². The number of fused-ring (bicyclic) bond motifs is 1. The van der Waals surface area contributed by atoms with Gasteiger partial charge in [0.2, 0.25) is 0 Å². The molecule has 2 atom stereocenters. The zero-order valence-corrected chi connectivity index (χ0v) is 9.12. The fourth-order valence-corrected chi connectivity index (χ4v) is 2.28. The summed E-state index contributed by atoms with van der Waals surface area (Å²) in [5.41, 5.74) is 8.87. The van der Waals surface area contributed by atoms with Gasteiger partial charge in [-0.15, -0.1) is 0 Å². The van der Waals surface area contributed by atoms with Gasteiger partial charge in [-0.1, -0.05) is 26.8 Å². The summed E-state index contributed by atoms with van der Waals surface area (Å²) in [7, 11) is 0. The van der Waals surface area contributed by atoms with E-state index in [2.05, 4.69) is 31.8 Å². The van der Waals surface area contributed by atoms with Crippen LogP contribution in [-0.4, -0.2) is 4.98 Å². The van der Waals surface area contributed by atoms with Gasteiger partial charge in [0.25, 0.3) is 0 Å². The summed E-state index contributed by atoms with van der Waals surface area (Å²) in [5, 5.41) is 0. The van der Waals surface area contributed by atoms with E-state index in [1.54, 1.807) is 0 Å². The Hall–Kier alpha value is -0.890. The number of nitrogens with zero attached hydrogens (tertiary/aromatic N) is 1. The summed E-state index contributed by atoms with van der Waals surface area (Å²) in [5.74, 6) is 0.590. The molecule has 1 aliphatic rings. The number of hydrogen-bond donors (Lipinski definition) is 1. The molecule has 1 aromatic heterocycles. The van der Waals surface area contributed by atoms with Crippen molar-refractivity contribution in [3.05, 3.63) is 29.6 Å². The Morgan fingerprint density at radius 2 is 2.29 bits per heavy atom. The summed E-state index contributed by atoms with van der Waals surface area (Å²) in [6.45, 7) is 6.75. The highest BCUT2D eigenvalue weighted by Crippen LogP contribution is 2.47. The predicted molar refractivity (Wildman–Crippen MR) is 57.8 cm³/mol. The number of hydrogen-bond acceptors (Lipinski definition) is 2. The Bertz CT molecular complexity index is 346. The second-order valence-corrected chi connectivity index (χ2v) is 4.86. The second-order valence-electron chi connectivity index (χ2n) is 4.86. The van der Waals surface area contributed by atoms with E-state index in [4.69, 9.17) is 5.73 Å². The summed E-state index contributed by atoms with van der Waals surface area (Å²) in [4.78, 5) is 4.39. The molecule has 1 aromatic rings. The molecule has 76 valence electrons. The lowest BCUT2D eigenvalue weighted by molar-refractivity contribution is 0.186. The minimum absolute atomic E-state index is 0.0960. The third-order valence-electron chi connectivity index (χ3n) is 3.82. The molecular formula is C12H18N2. The highest BCUT2D eigenvalue weighted by molar-refractivity contribution is 5.32. The average Bonchev–Trinajstić information content (AvgIpc) is 2.42. The first kappa shape index (κ1) is 9.66. The van der Waals surface area contributed by atoms with Crippen LogP contribution in [0.15, 0.2) is 18.3 Å². The number of pyridine rings is 1. The van der Waals surface area contributed by atoms with Crippen molar-refractivity contribution in [2.24, 2.45) is 17.1 Å². The largest absolute Gasteiger partial charge is 0.322 e. The van der Waals surface area contributed by atoms with E-state index in [1.165, 1.54) is 5.56 Å². The van der Waals surface area contributed by atoms with Crippen LogP contribution in [0.3, 0.4) is 0 Å². The Labute approximate surface area is 85.5 Å². The van der Waals surface area contributed by atoms with E-state index in [0.717, 1.165) is 12.1 Å². The van der Waals surface area contributed by atoms with Gasteiger partial charge in [-0.3, -0.25) is 4.98 Å². The van der Waals surface area contributed by atoms with E-state index in [9.17, 15) is 0 Å². The topological polar surface area (TPSA) is 38.9 Å². The first-order valence-corrected chi connectivity index (χ1v) is 5.25. The molecule has 1 heterocycles. The molecule has 0 saturated heterocycles. The van der Waals surface area contributed by atoms with Crippen LogP contribution < -0.4 is 5.73 Å². The highest BCUT2D eigenvalue weighted by atomic mass is 14.8. The SMILES string of the molecule is CC(C)C1(C)Cc2cccnc2[C@H]1N. The quantitative estimate of drug-likeness (QED) is 0.738. The number of nitrogens with two attached hydrogens (primary N) is 1. The molecule has 2 nitrogen and oxygen atoms in total. The van der Waals surface area contributed by atoms with Crippen LogP contribution in [0.5, 0.6) is 0 Å². The van der Waals surface area contributed by atoms with Crippen molar-refractivity contribution >= 4 is 0 Å². The predicted octanol–water partition coefficient (Wildman–Crippen LogP) is 2.30. The van der Waals surface area contributed by atoms with Gasteiger partial charge in [-0.25, -0.2) is 0 Å². The fraction of sp³-hybridized carbons (Fsp3) is 0.583.